The van der Waals surface area contributed by atoms with Crippen LogP contribution >= 0.6 is 23.2 Å². The van der Waals surface area contributed by atoms with Gasteiger partial charge in [0, 0.05) is 41.7 Å². The quantitative estimate of drug-likeness (QED) is 0.411. The van der Waals surface area contributed by atoms with Crippen LogP contribution in [-0.4, -0.2) is 45.7 Å². The topological polar surface area (TPSA) is 123 Å². The van der Waals surface area contributed by atoms with Gasteiger partial charge in [0.1, 0.15) is 17.3 Å². The van der Waals surface area contributed by atoms with Crippen LogP contribution in [0, 0.1) is 5.82 Å². The summed E-state index contributed by atoms with van der Waals surface area (Å²) in [5.41, 5.74) is 0.848. The van der Waals surface area contributed by atoms with Crippen LogP contribution in [0.5, 0.6) is 11.5 Å². The van der Waals surface area contributed by atoms with Gasteiger partial charge < -0.3 is 20.1 Å². The van der Waals surface area contributed by atoms with Crippen molar-refractivity contribution < 1.29 is 31.9 Å². The summed E-state index contributed by atoms with van der Waals surface area (Å²) in [5.74, 6) is -1.13. The van der Waals surface area contributed by atoms with Gasteiger partial charge in [-0.15, -0.1) is 0 Å². The zero-order chi connectivity index (χ0) is 26.5. The van der Waals surface area contributed by atoms with Crippen molar-refractivity contribution in [3.63, 3.8) is 0 Å². The van der Waals surface area contributed by atoms with Gasteiger partial charge in [0.2, 0.25) is 10.0 Å². The number of nitrogens with one attached hydrogen (secondary N) is 3. The second kappa shape index (κ2) is 11.9. The molecule has 2 amide bonds. The molecule has 9 nitrogen and oxygen atoms in total. The van der Waals surface area contributed by atoms with E-state index < -0.39 is 39.8 Å². The molecule has 3 rings (SSSR count). The van der Waals surface area contributed by atoms with Gasteiger partial charge in [0.25, 0.3) is 11.8 Å². The van der Waals surface area contributed by atoms with Crippen LogP contribution in [0.1, 0.15) is 24.4 Å². The van der Waals surface area contributed by atoms with E-state index >= 15 is 0 Å². The number of halogens is 3. The molecule has 0 aliphatic carbocycles. The van der Waals surface area contributed by atoms with Crippen molar-refractivity contribution in [3.8, 4) is 11.5 Å². The fraction of sp³-hybridized carbons (Fsp3) is 0.304. The molecule has 2 aromatic rings. The standard InChI is InChI=1S/C23H24Cl2FN3O6S/c1-13(7-8-27-22(30)12-34-15-4-5-17(25)18(26)10-15)28-23(31)21-11-19(29-36(2,32)33)16-9-14(24)3-6-20(16)35-21/h3-6,9-10,19,21,29H,1,7-8,11-12H2,2H3,(H,27,30)(H,28,31). The minimum absolute atomic E-state index is 0.0406. The Morgan fingerprint density at radius 3 is 2.67 bits per heavy atom. The number of amides is 2. The lowest BCUT2D eigenvalue weighted by molar-refractivity contribution is -0.128. The van der Waals surface area contributed by atoms with Crippen LogP contribution in [0.4, 0.5) is 4.39 Å². The Morgan fingerprint density at radius 2 is 1.97 bits per heavy atom. The maximum atomic E-state index is 13.4. The number of benzene rings is 2. The van der Waals surface area contributed by atoms with E-state index in [1.165, 1.54) is 12.1 Å². The summed E-state index contributed by atoms with van der Waals surface area (Å²) in [7, 11) is -3.57. The maximum absolute atomic E-state index is 13.4. The third kappa shape index (κ3) is 8.09. The number of carbonyl (C=O) groups is 2. The van der Waals surface area contributed by atoms with E-state index in [2.05, 4.69) is 21.9 Å². The van der Waals surface area contributed by atoms with Gasteiger partial charge in [0.15, 0.2) is 12.7 Å². The molecule has 1 aliphatic rings. The van der Waals surface area contributed by atoms with Gasteiger partial charge in [-0.3, -0.25) is 9.59 Å². The summed E-state index contributed by atoms with van der Waals surface area (Å²) in [6.45, 7) is 3.59. The van der Waals surface area contributed by atoms with E-state index in [0.717, 1.165) is 12.3 Å². The summed E-state index contributed by atoms with van der Waals surface area (Å²) in [6, 6.07) is 7.85. The van der Waals surface area contributed by atoms with Crippen molar-refractivity contribution in [2.45, 2.75) is 25.0 Å². The number of hydrogen-bond donors (Lipinski definition) is 3. The molecule has 1 aliphatic heterocycles. The molecular formula is C23H24Cl2FN3O6S. The highest BCUT2D eigenvalue weighted by molar-refractivity contribution is 7.88. The molecule has 0 bridgehead atoms. The van der Waals surface area contributed by atoms with Gasteiger partial charge in [-0.25, -0.2) is 17.5 Å². The molecule has 36 heavy (non-hydrogen) atoms. The highest BCUT2D eigenvalue weighted by Crippen LogP contribution is 2.37. The van der Waals surface area contributed by atoms with Crippen molar-refractivity contribution in [1.82, 2.24) is 15.4 Å². The van der Waals surface area contributed by atoms with E-state index in [9.17, 15) is 22.4 Å². The second-order valence-corrected chi connectivity index (χ2v) is 10.6. The molecule has 0 aromatic heterocycles. The predicted molar refractivity (Wildman–Crippen MR) is 133 cm³/mol. The lowest BCUT2D eigenvalue weighted by atomic mass is 9.97. The average molecular weight is 560 g/mol. The predicted octanol–water partition coefficient (Wildman–Crippen LogP) is 3.09. The number of carbonyl (C=O) groups excluding carboxylic acids is 2. The van der Waals surface area contributed by atoms with Gasteiger partial charge >= 0.3 is 0 Å². The summed E-state index contributed by atoms with van der Waals surface area (Å²) in [5, 5.41) is 5.57. The molecular weight excluding hydrogens is 536 g/mol. The molecule has 3 N–H and O–H groups in total. The molecule has 2 aromatic carbocycles. The second-order valence-electron chi connectivity index (χ2n) is 8.02. The van der Waals surface area contributed by atoms with Crippen molar-refractivity contribution >= 4 is 45.0 Å². The molecule has 194 valence electrons. The van der Waals surface area contributed by atoms with E-state index in [-0.39, 0.29) is 36.8 Å². The van der Waals surface area contributed by atoms with Crippen molar-refractivity contribution in [3.05, 3.63) is 70.1 Å². The zero-order valence-corrected chi connectivity index (χ0v) is 21.5. The highest BCUT2D eigenvalue weighted by Gasteiger charge is 2.34. The van der Waals surface area contributed by atoms with Gasteiger partial charge in [-0.05, 0) is 30.3 Å². The van der Waals surface area contributed by atoms with Crippen molar-refractivity contribution in [2.24, 2.45) is 0 Å². The van der Waals surface area contributed by atoms with Crippen LogP contribution < -0.4 is 24.8 Å². The van der Waals surface area contributed by atoms with E-state index in [1.807, 2.05) is 0 Å². The minimum atomic E-state index is -3.57. The average Bonchev–Trinajstić information content (AvgIpc) is 2.79. The molecule has 0 saturated carbocycles. The summed E-state index contributed by atoms with van der Waals surface area (Å²) < 4.78 is 50.5. The minimum Gasteiger partial charge on any atom is -0.484 e. The number of rotatable bonds is 10. The lowest BCUT2D eigenvalue weighted by Crippen LogP contribution is -2.44. The van der Waals surface area contributed by atoms with Gasteiger partial charge in [0.05, 0.1) is 17.3 Å². The number of fused-ring (bicyclic) bond motifs is 1. The summed E-state index contributed by atoms with van der Waals surface area (Å²) >= 11 is 11.6. The summed E-state index contributed by atoms with van der Waals surface area (Å²) in [6.07, 6.45) is 0.296. The van der Waals surface area contributed by atoms with Crippen LogP contribution in [0.3, 0.4) is 0 Å². The first-order chi connectivity index (χ1) is 16.9. The monoisotopic (exact) mass is 559 g/mol. The Kier molecular flexibility index (Phi) is 9.18. The summed E-state index contributed by atoms with van der Waals surface area (Å²) in [4.78, 5) is 24.7. The SMILES string of the molecule is C=C(CCNC(=O)COc1ccc(Cl)c(F)c1)NC(=O)C1CC(NS(C)(=O)=O)c2cc(Cl)ccc2O1. The smallest absolute Gasteiger partial charge is 0.265 e. The van der Waals surface area contributed by atoms with Crippen molar-refractivity contribution in [1.29, 1.82) is 0 Å². The largest absolute Gasteiger partial charge is 0.484 e. The van der Waals surface area contributed by atoms with Gasteiger partial charge in [-0.2, -0.15) is 0 Å². The fourth-order valence-corrected chi connectivity index (χ4v) is 4.45. The normalized spacial score (nSPS) is 16.9. The molecule has 0 spiro atoms. The third-order valence-electron chi connectivity index (χ3n) is 5.02. The number of hydrogen-bond acceptors (Lipinski definition) is 6. The molecule has 2 atom stereocenters. The van der Waals surface area contributed by atoms with Crippen LogP contribution in [0.15, 0.2) is 48.7 Å². The van der Waals surface area contributed by atoms with Crippen LogP contribution in [0.25, 0.3) is 0 Å². The number of sulfonamides is 1. The first kappa shape index (κ1) is 27.7. The van der Waals surface area contributed by atoms with E-state index in [4.69, 9.17) is 32.7 Å². The highest BCUT2D eigenvalue weighted by atomic mass is 35.5. The van der Waals surface area contributed by atoms with E-state index in [1.54, 1.807) is 18.2 Å². The Bertz CT molecular complexity index is 1270. The van der Waals surface area contributed by atoms with Crippen molar-refractivity contribution in [2.75, 3.05) is 19.4 Å². The maximum Gasteiger partial charge on any atom is 0.265 e. The zero-order valence-electron chi connectivity index (χ0n) is 19.1. The Morgan fingerprint density at radius 1 is 1.22 bits per heavy atom. The molecule has 0 saturated heterocycles. The number of ether oxygens (including phenoxy) is 2. The lowest BCUT2D eigenvalue weighted by Gasteiger charge is -2.31. The Labute approximate surface area is 218 Å². The Balaban J connectivity index is 1.47. The molecule has 2 unspecified atom stereocenters. The van der Waals surface area contributed by atoms with Crippen LogP contribution in [0.2, 0.25) is 10.0 Å². The molecule has 0 fully saturated rings. The van der Waals surface area contributed by atoms with Gasteiger partial charge in [-0.1, -0.05) is 29.8 Å². The fourth-order valence-electron chi connectivity index (χ4n) is 3.41. The molecule has 13 heteroatoms. The molecule has 1 heterocycles. The van der Waals surface area contributed by atoms with Crippen LogP contribution in [-0.2, 0) is 19.6 Å². The third-order valence-corrected chi connectivity index (χ3v) is 6.28. The first-order valence-corrected chi connectivity index (χ1v) is 13.3. The Hall–Kier alpha value is -2.86. The molecule has 0 radical (unpaired) electrons. The van der Waals surface area contributed by atoms with E-state index in [0.29, 0.717) is 22.0 Å². The first-order valence-electron chi connectivity index (χ1n) is 10.7.